The van der Waals surface area contributed by atoms with E-state index in [-0.39, 0.29) is 11.6 Å². The lowest BCUT2D eigenvalue weighted by Crippen LogP contribution is -2.27. The van der Waals surface area contributed by atoms with Gasteiger partial charge in [-0.3, -0.25) is 10.2 Å². The summed E-state index contributed by atoms with van der Waals surface area (Å²) in [6.07, 6.45) is 0. The van der Waals surface area contributed by atoms with Crippen molar-refractivity contribution < 1.29 is 4.79 Å². The number of carbonyl (C=O) groups is 1. The smallest absolute Gasteiger partial charge is 0.275 e. The van der Waals surface area contributed by atoms with Crippen LogP contribution in [0.2, 0.25) is 0 Å². The molecule has 0 saturated carbocycles. The van der Waals surface area contributed by atoms with Crippen molar-refractivity contribution >= 4 is 76.5 Å². The van der Waals surface area contributed by atoms with E-state index in [2.05, 4.69) is 63.4 Å². The molecule has 0 unspecified atom stereocenters. The molecule has 1 N–H and O–H groups in total. The molecule has 0 aliphatic carbocycles. The minimum Gasteiger partial charge on any atom is -0.275 e. The van der Waals surface area contributed by atoms with Gasteiger partial charge in [0.25, 0.3) is 0 Å². The number of nitrogens with zero attached hydrogens (tertiary/aromatic N) is 3. The Morgan fingerprint density at radius 2 is 1.71 bits per heavy atom. The lowest BCUT2D eigenvalue weighted by Gasteiger charge is -2.11. The Morgan fingerprint density at radius 3 is 2.33 bits per heavy atom. The van der Waals surface area contributed by atoms with Gasteiger partial charge in [-0.1, -0.05) is 34.1 Å². The average Bonchev–Trinajstić information content (AvgIpc) is 2.82. The van der Waals surface area contributed by atoms with Crippen LogP contribution in [0.15, 0.2) is 66.1 Å². The highest BCUT2D eigenvalue weighted by molar-refractivity contribution is 9.11. The second-order valence-electron chi connectivity index (χ2n) is 4.95. The minimum atomic E-state index is -0.268. The first-order chi connectivity index (χ1) is 11.5. The van der Waals surface area contributed by atoms with Crippen LogP contribution >= 0.6 is 47.8 Å². The summed E-state index contributed by atoms with van der Waals surface area (Å²) >= 11 is 10.4. The zero-order valence-electron chi connectivity index (χ0n) is 12.4. The van der Waals surface area contributed by atoms with Crippen molar-refractivity contribution in [3.8, 4) is 0 Å². The van der Waals surface area contributed by atoms with E-state index >= 15 is 0 Å². The number of hydrogen-bond donors (Lipinski definition) is 1. The summed E-state index contributed by atoms with van der Waals surface area (Å²) in [7, 11) is 0. The first-order valence-corrected chi connectivity index (χ1v) is 9.28. The van der Waals surface area contributed by atoms with Crippen LogP contribution in [-0.4, -0.2) is 17.3 Å². The van der Waals surface area contributed by atoms with E-state index < -0.39 is 0 Å². The highest BCUT2D eigenvalue weighted by Gasteiger charge is 2.30. The molecule has 2 aromatic rings. The van der Waals surface area contributed by atoms with Crippen LogP contribution in [-0.2, 0) is 4.79 Å². The van der Waals surface area contributed by atoms with Crippen molar-refractivity contribution in [1.82, 2.24) is 0 Å². The topological polar surface area (TPSA) is 57.1 Å². The number of hydrazone groups is 2. The van der Waals surface area contributed by atoms with Gasteiger partial charge in [0.1, 0.15) is 0 Å². The lowest BCUT2D eigenvalue weighted by atomic mass is 10.2. The standard InChI is InChI=1S/C16H11Br3N4O/c1-9-14(16(24)23(22-9)11-5-3-2-4-6-11)20-21-15-12(18)7-10(17)8-13(15)19/h2-8,21H,1H3/b20-14+. The highest BCUT2D eigenvalue weighted by atomic mass is 79.9. The quantitative estimate of drug-likeness (QED) is 0.575. The zero-order chi connectivity index (χ0) is 17.3. The number of benzene rings is 2. The largest absolute Gasteiger partial charge is 0.301 e. The fourth-order valence-electron chi connectivity index (χ4n) is 2.13. The molecule has 0 aromatic heterocycles. The number of nitrogens with one attached hydrogen (secondary N) is 1. The number of carbonyl (C=O) groups excluding carboxylic acids is 1. The Bertz CT molecular complexity index is 842. The van der Waals surface area contributed by atoms with Crippen LogP contribution < -0.4 is 10.4 Å². The Morgan fingerprint density at radius 1 is 1.08 bits per heavy atom. The van der Waals surface area contributed by atoms with Crippen LogP contribution in [0.4, 0.5) is 11.4 Å². The molecule has 0 fully saturated rings. The number of para-hydroxylation sites is 1. The van der Waals surface area contributed by atoms with E-state index in [0.717, 1.165) is 19.1 Å². The average molecular weight is 515 g/mol. The Hall–Kier alpha value is -1.51. The van der Waals surface area contributed by atoms with Crippen molar-refractivity contribution in [3.05, 3.63) is 55.9 Å². The molecule has 5 nitrogen and oxygen atoms in total. The number of anilines is 2. The third-order valence-corrected chi connectivity index (χ3v) is 4.98. The first-order valence-electron chi connectivity index (χ1n) is 6.90. The lowest BCUT2D eigenvalue weighted by molar-refractivity contribution is -0.112. The van der Waals surface area contributed by atoms with Crippen molar-refractivity contribution in [2.24, 2.45) is 10.2 Å². The minimum absolute atomic E-state index is 0.268. The van der Waals surface area contributed by atoms with Gasteiger partial charge in [-0.2, -0.15) is 15.2 Å². The van der Waals surface area contributed by atoms with Gasteiger partial charge >= 0.3 is 5.91 Å². The zero-order valence-corrected chi connectivity index (χ0v) is 17.2. The molecular weight excluding hydrogens is 504 g/mol. The van der Waals surface area contributed by atoms with Gasteiger partial charge in [0, 0.05) is 13.4 Å². The summed E-state index contributed by atoms with van der Waals surface area (Å²) in [4.78, 5) is 12.6. The Balaban J connectivity index is 1.87. The van der Waals surface area contributed by atoms with Gasteiger partial charge in [0.2, 0.25) is 0 Å². The van der Waals surface area contributed by atoms with Crippen molar-refractivity contribution in [1.29, 1.82) is 0 Å². The van der Waals surface area contributed by atoms with Gasteiger partial charge in [0.15, 0.2) is 5.71 Å². The van der Waals surface area contributed by atoms with E-state index in [1.54, 1.807) is 6.92 Å². The third-order valence-electron chi connectivity index (χ3n) is 3.27. The normalized spacial score (nSPS) is 15.8. The van der Waals surface area contributed by atoms with Crippen molar-refractivity contribution in [2.45, 2.75) is 6.92 Å². The maximum absolute atomic E-state index is 12.6. The van der Waals surface area contributed by atoms with Gasteiger partial charge in [-0.05, 0) is 63.0 Å². The van der Waals surface area contributed by atoms with Crippen LogP contribution in [0.25, 0.3) is 0 Å². The fraction of sp³-hybridized carbons (Fsp3) is 0.0625. The summed E-state index contributed by atoms with van der Waals surface area (Å²) in [6, 6.07) is 13.0. The molecule has 24 heavy (non-hydrogen) atoms. The maximum Gasteiger partial charge on any atom is 0.301 e. The van der Waals surface area contributed by atoms with Gasteiger partial charge in [-0.25, -0.2) is 0 Å². The predicted molar refractivity (Wildman–Crippen MR) is 108 cm³/mol. The second kappa shape index (κ2) is 7.16. The van der Waals surface area contributed by atoms with E-state index in [9.17, 15) is 4.79 Å². The highest BCUT2D eigenvalue weighted by Crippen LogP contribution is 2.34. The molecule has 1 aliphatic heterocycles. The van der Waals surface area contributed by atoms with Crippen LogP contribution in [0.3, 0.4) is 0 Å². The Kier molecular flexibility index (Phi) is 5.17. The second-order valence-corrected chi connectivity index (χ2v) is 7.58. The summed E-state index contributed by atoms with van der Waals surface area (Å²) < 4.78 is 2.55. The number of rotatable bonds is 3. The molecule has 0 radical (unpaired) electrons. The molecular formula is C16H11Br3N4O. The predicted octanol–water partition coefficient (Wildman–Crippen LogP) is 5.16. The van der Waals surface area contributed by atoms with Gasteiger partial charge in [0.05, 0.1) is 17.1 Å². The van der Waals surface area contributed by atoms with E-state index in [0.29, 0.717) is 11.4 Å². The van der Waals surface area contributed by atoms with Gasteiger partial charge < -0.3 is 0 Å². The van der Waals surface area contributed by atoms with Crippen molar-refractivity contribution in [3.63, 3.8) is 0 Å². The molecule has 1 heterocycles. The van der Waals surface area contributed by atoms with Crippen LogP contribution in [0, 0.1) is 0 Å². The van der Waals surface area contributed by atoms with E-state index in [1.165, 1.54) is 5.01 Å². The SMILES string of the molecule is CC1=NN(c2ccccc2)C(=O)/C1=N/Nc1c(Br)cc(Br)cc1Br. The number of hydrogen-bond acceptors (Lipinski definition) is 4. The summed E-state index contributed by atoms with van der Waals surface area (Å²) in [5.74, 6) is -0.268. The molecule has 0 spiro atoms. The van der Waals surface area contributed by atoms with Crippen LogP contribution in [0.1, 0.15) is 6.92 Å². The van der Waals surface area contributed by atoms with E-state index in [1.807, 2.05) is 42.5 Å². The summed E-state index contributed by atoms with van der Waals surface area (Å²) in [5.41, 5.74) is 5.20. The Labute approximate surface area is 164 Å². The maximum atomic E-state index is 12.6. The van der Waals surface area contributed by atoms with Gasteiger partial charge in [-0.15, -0.1) is 0 Å². The molecule has 0 saturated heterocycles. The summed E-state index contributed by atoms with van der Waals surface area (Å²) in [5, 5.41) is 9.89. The molecule has 3 rings (SSSR count). The molecule has 1 amide bonds. The molecule has 0 atom stereocenters. The molecule has 2 aromatic carbocycles. The number of halogens is 3. The van der Waals surface area contributed by atoms with Crippen LogP contribution in [0.5, 0.6) is 0 Å². The first kappa shape index (κ1) is 17.3. The molecule has 8 heteroatoms. The summed E-state index contributed by atoms with van der Waals surface area (Å²) in [6.45, 7) is 1.76. The fourth-order valence-corrected chi connectivity index (χ4v) is 4.57. The molecule has 122 valence electrons. The molecule has 0 bridgehead atoms. The monoisotopic (exact) mass is 512 g/mol. The third kappa shape index (κ3) is 3.45. The van der Waals surface area contributed by atoms with E-state index in [4.69, 9.17) is 0 Å². The number of amides is 1. The molecule has 1 aliphatic rings. The van der Waals surface area contributed by atoms with Crippen molar-refractivity contribution in [2.75, 3.05) is 10.4 Å².